The minimum atomic E-state index is -0.259. The van der Waals surface area contributed by atoms with E-state index in [1.807, 2.05) is 55.6 Å². The van der Waals surface area contributed by atoms with Crippen molar-refractivity contribution in [3.05, 3.63) is 60.3 Å². The van der Waals surface area contributed by atoms with E-state index in [0.29, 0.717) is 18.0 Å². The average molecular weight is 478 g/mol. The predicted molar refractivity (Wildman–Crippen MR) is 135 cm³/mol. The maximum atomic E-state index is 12.6. The summed E-state index contributed by atoms with van der Waals surface area (Å²) in [6.07, 6.45) is 3.44. The zero-order valence-electron chi connectivity index (χ0n) is 20.1. The van der Waals surface area contributed by atoms with Crippen LogP contribution in [0.5, 0.6) is 11.5 Å². The zero-order chi connectivity index (χ0) is 24.5. The number of benzene rings is 2. The van der Waals surface area contributed by atoms with E-state index in [0.717, 1.165) is 55.4 Å². The maximum absolute atomic E-state index is 12.6. The van der Waals surface area contributed by atoms with Gasteiger partial charge in [0.25, 0.3) is 5.91 Å². The van der Waals surface area contributed by atoms with Gasteiger partial charge in [0, 0.05) is 63.0 Å². The molecule has 0 bridgehead atoms. The summed E-state index contributed by atoms with van der Waals surface area (Å²) in [6.45, 7) is 4.63. The van der Waals surface area contributed by atoms with Crippen LogP contribution in [0.15, 0.2) is 59.7 Å². The fourth-order valence-electron chi connectivity index (χ4n) is 3.88. The van der Waals surface area contributed by atoms with E-state index in [9.17, 15) is 4.79 Å². The van der Waals surface area contributed by atoms with Crippen LogP contribution in [-0.2, 0) is 16.6 Å². The Morgan fingerprint density at radius 1 is 1.14 bits per heavy atom. The molecule has 1 saturated heterocycles. The van der Waals surface area contributed by atoms with E-state index in [4.69, 9.17) is 14.2 Å². The van der Waals surface area contributed by atoms with Crippen molar-refractivity contribution in [2.45, 2.75) is 0 Å². The smallest absolute Gasteiger partial charge is 0.262 e. The monoisotopic (exact) mass is 477 g/mol. The molecule has 0 spiro atoms. The molecular formula is C26H31N5O4. The molecule has 1 aliphatic rings. The van der Waals surface area contributed by atoms with E-state index < -0.39 is 0 Å². The molecule has 1 amide bonds. The van der Waals surface area contributed by atoms with Crippen molar-refractivity contribution in [2.24, 2.45) is 12.0 Å². The number of nitrogens with one attached hydrogen (secondary N) is 1. The molecule has 0 radical (unpaired) electrons. The minimum Gasteiger partial charge on any atom is -0.492 e. The number of anilines is 1. The number of hydrogen-bond acceptors (Lipinski definition) is 7. The Balaban J connectivity index is 1.42. The van der Waals surface area contributed by atoms with Crippen molar-refractivity contribution in [3.63, 3.8) is 0 Å². The average Bonchev–Trinajstić information content (AvgIpc) is 3.30. The highest BCUT2D eigenvalue weighted by Gasteiger charge is 2.15. The highest BCUT2D eigenvalue weighted by atomic mass is 16.5. The molecule has 1 fully saturated rings. The number of morpholine rings is 1. The molecule has 9 nitrogen and oxygen atoms in total. The molecule has 4 rings (SSSR count). The first-order chi connectivity index (χ1) is 17.1. The Bertz CT molecular complexity index is 1150. The molecule has 0 aliphatic carbocycles. The first kappa shape index (κ1) is 24.4. The van der Waals surface area contributed by atoms with Crippen LogP contribution in [0, 0.1) is 0 Å². The third-order valence-corrected chi connectivity index (χ3v) is 5.67. The van der Waals surface area contributed by atoms with Gasteiger partial charge in [-0.25, -0.2) is 0 Å². The second kappa shape index (κ2) is 12.1. The SMILES string of the molecule is CN=Cc1ccccc1OCC(=O)Nc1ccc(OCCN2CCOCC2)c(-c2ccnn2C)c1. The molecule has 1 aliphatic heterocycles. The quantitative estimate of drug-likeness (QED) is 0.452. The molecule has 184 valence electrons. The first-order valence-electron chi connectivity index (χ1n) is 11.6. The van der Waals surface area contributed by atoms with Crippen molar-refractivity contribution in [2.75, 3.05) is 58.4 Å². The van der Waals surface area contributed by atoms with Crippen molar-refractivity contribution in [1.29, 1.82) is 0 Å². The number of aliphatic imine (C=N–C) groups is 1. The van der Waals surface area contributed by atoms with Gasteiger partial charge in [-0.1, -0.05) is 12.1 Å². The molecule has 9 heteroatoms. The molecule has 2 aromatic carbocycles. The van der Waals surface area contributed by atoms with Crippen molar-refractivity contribution >= 4 is 17.8 Å². The number of para-hydroxylation sites is 1. The molecular weight excluding hydrogens is 446 g/mol. The fourth-order valence-corrected chi connectivity index (χ4v) is 3.88. The van der Waals surface area contributed by atoms with Gasteiger partial charge in [0.1, 0.15) is 18.1 Å². The molecule has 0 unspecified atom stereocenters. The van der Waals surface area contributed by atoms with Crippen LogP contribution in [0.1, 0.15) is 5.56 Å². The van der Waals surface area contributed by atoms with Gasteiger partial charge in [0.2, 0.25) is 0 Å². The number of amides is 1. The Morgan fingerprint density at radius 3 is 2.74 bits per heavy atom. The van der Waals surface area contributed by atoms with Gasteiger partial charge in [-0.15, -0.1) is 0 Å². The van der Waals surface area contributed by atoms with Crippen LogP contribution in [0.25, 0.3) is 11.3 Å². The Hall–Kier alpha value is -3.69. The van der Waals surface area contributed by atoms with Crippen LogP contribution >= 0.6 is 0 Å². The number of carbonyl (C=O) groups is 1. The molecule has 1 aromatic heterocycles. The first-order valence-corrected chi connectivity index (χ1v) is 11.6. The van der Waals surface area contributed by atoms with Crippen LogP contribution < -0.4 is 14.8 Å². The second-order valence-electron chi connectivity index (χ2n) is 8.12. The molecule has 2 heterocycles. The summed E-state index contributed by atoms with van der Waals surface area (Å²) in [7, 11) is 3.57. The Labute approximate surface area is 205 Å². The largest absolute Gasteiger partial charge is 0.492 e. The normalized spacial score (nSPS) is 14.2. The number of rotatable bonds is 10. The number of ether oxygens (including phenoxy) is 3. The highest BCUT2D eigenvalue weighted by molar-refractivity contribution is 5.93. The topological polar surface area (TPSA) is 90.2 Å². The fraction of sp³-hybridized carbons (Fsp3) is 0.346. The lowest BCUT2D eigenvalue weighted by atomic mass is 10.1. The summed E-state index contributed by atoms with van der Waals surface area (Å²) in [5.74, 6) is 1.09. The molecule has 0 saturated carbocycles. The van der Waals surface area contributed by atoms with Gasteiger partial charge in [0.15, 0.2) is 6.61 Å². The number of hydrogen-bond donors (Lipinski definition) is 1. The van der Waals surface area contributed by atoms with E-state index in [1.165, 1.54) is 0 Å². The summed E-state index contributed by atoms with van der Waals surface area (Å²) in [4.78, 5) is 19.0. The van der Waals surface area contributed by atoms with Crippen molar-refractivity contribution in [1.82, 2.24) is 14.7 Å². The van der Waals surface area contributed by atoms with E-state index in [1.54, 1.807) is 24.1 Å². The maximum Gasteiger partial charge on any atom is 0.262 e. The number of carbonyl (C=O) groups excluding carboxylic acids is 1. The van der Waals surface area contributed by atoms with E-state index in [2.05, 4.69) is 20.3 Å². The number of aryl methyl sites for hydroxylation is 1. The molecule has 1 N–H and O–H groups in total. The summed E-state index contributed by atoms with van der Waals surface area (Å²) >= 11 is 0. The van der Waals surface area contributed by atoms with E-state index in [-0.39, 0.29) is 12.5 Å². The van der Waals surface area contributed by atoms with Gasteiger partial charge in [-0.3, -0.25) is 19.4 Å². The Kier molecular flexibility index (Phi) is 8.48. The second-order valence-corrected chi connectivity index (χ2v) is 8.12. The number of aromatic nitrogens is 2. The predicted octanol–water partition coefficient (Wildman–Crippen LogP) is 2.86. The van der Waals surface area contributed by atoms with Crippen LogP contribution in [0.2, 0.25) is 0 Å². The summed E-state index contributed by atoms with van der Waals surface area (Å²) in [5, 5.41) is 7.20. The standard InChI is InChI=1S/C26H31N5O4/c1-27-18-20-5-3-4-6-24(20)35-19-26(32)29-21-7-8-25(22(17-21)23-9-10-28-30(23)2)34-16-13-31-11-14-33-15-12-31/h3-10,17-18H,11-16,19H2,1-2H3,(H,29,32). The third-order valence-electron chi connectivity index (χ3n) is 5.67. The molecule has 35 heavy (non-hydrogen) atoms. The Morgan fingerprint density at radius 2 is 1.97 bits per heavy atom. The molecule has 3 aromatic rings. The van der Waals surface area contributed by atoms with E-state index >= 15 is 0 Å². The minimum absolute atomic E-state index is 0.118. The van der Waals surface area contributed by atoms with Crippen LogP contribution in [0.4, 0.5) is 5.69 Å². The lowest BCUT2D eigenvalue weighted by Gasteiger charge is -2.26. The van der Waals surface area contributed by atoms with Gasteiger partial charge < -0.3 is 19.5 Å². The van der Waals surface area contributed by atoms with Gasteiger partial charge in [-0.05, 0) is 36.4 Å². The third kappa shape index (κ3) is 6.68. The summed E-state index contributed by atoms with van der Waals surface area (Å²) in [5.41, 5.74) is 3.22. The number of nitrogens with zero attached hydrogens (tertiary/aromatic N) is 4. The lowest BCUT2D eigenvalue weighted by Crippen LogP contribution is -2.38. The lowest BCUT2D eigenvalue weighted by molar-refractivity contribution is -0.118. The molecule has 0 atom stereocenters. The summed E-state index contributed by atoms with van der Waals surface area (Å²) < 4.78 is 19.1. The van der Waals surface area contributed by atoms with Crippen molar-refractivity contribution < 1.29 is 19.0 Å². The van der Waals surface area contributed by atoms with Crippen LogP contribution in [-0.4, -0.2) is 79.9 Å². The van der Waals surface area contributed by atoms with Crippen LogP contribution in [0.3, 0.4) is 0 Å². The highest BCUT2D eigenvalue weighted by Crippen LogP contribution is 2.32. The van der Waals surface area contributed by atoms with Gasteiger partial charge >= 0.3 is 0 Å². The van der Waals surface area contributed by atoms with Gasteiger partial charge in [0.05, 0.1) is 18.9 Å². The summed E-state index contributed by atoms with van der Waals surface area (Å²) in [6, 6.07) is 15.0. The zero-order valence-corrected chi connectivity index (χ0v) is 20.1. The van der Waals surface area contributed by atoms with Crippen molar-refractivity contribution in [3.8, 4) is 22.8 Å². The van der Waals surface area contributed by atoms with Gasteiger partial charge in [-0.2, -0.15) is 5.10 Å².